The number of rotatable bonds is 16. The van der Waals surface area contributed by atoms with Crippen LogP contribution in [0.1, 0.15) is 49.9 Å². The lowest BCUT2D eigenvalue weighted by molar-refractivity contribution is 0.475. The van der Waals surface area contributed by atoms with Gasteiger partial charge in [-0.05, 0) is 194 Å². The van der Waals surface area contributed by atoms with Gasteiger partial charge in [0.25, 0.3) is 20.2 Å². The molecule has 3 aliphatic heterocycles. The molecule has 0 bridgehead atoms. The van der Waals surface area contributed by atoms with Gasteiger partial charge in [-0.2, -0.15) is 16.8 Å². The molecule has 0 unspecified atom stereocenters. The fourth-order valence-electron chi connectivity index (χ4n) is 15.0. The minimum atomic E-state index is -4.31. The number of benzene rings is 12. The monoisotopic (exact) mass is 1680 g/mol. The Morgan fingerprint density at radius 3 is 0.573 bits per heavy atom. The second kappa shape index (κ2) is 35.3. The molecule has 18 aromatic rings. The van der Waals surface area contributed by atoms with Crippen molar-refractivity contribution >= 4 is 168 Å². The van der Waals surface area contributed by atoms with Gasteiger partial charge in [0, 0.05) is 37.6 Å². The van der Waals surface area contributed by atoms with Crippen LogP contribution in [0, 0.1) is 0 Å². The molecule has 3 aliphatic rings. The number of aromatic hydroxyl groups is 2. The fraction of sp³-hybridized carbons (Fsp3) is 0.125. The van der Waals surface area contributed by atoms with Gasteiger partial charge in [0.1, 0.15) is 11.5 Å². The van der Waals surface area contributed by atoms with Gasteiger partial charge in [0.2, 0.25) is 0 Å². The van der Waals surface area contributed by atoms with E-state index in [1.807, 2.05) is 217 Å². The minimum absolute atomic E-state index is 0.163. The molecule has 9 heterocycles. The Labute approximate surface area is 715 Å². The van der Waals surface area contributed by atoms with E-state index in [0.29, 0.717) is 94.5 Å². The average Bonchev–Trinajstić information content (AvgIpc) is 0.711. The van der Waals surface area contributed by atoms with Crippen molar-refractivity contribution in [1.82, 2.24) is 59.8 Å². The molecule has 28 heteroatoms. The summed E-state index contributed by atoms with van der Waals surface area (Å²) in [5.41, 5.74) is 15.0. The molecule has 0 saturated carbocycles. The molecule has 26 nitrogen and oxygen atoms in total. The maximum absolute atomic E-state index is 11.5. The van der Waals surface area contributed by atoms with Crippen molar-refractivity contribution in [3.63, 3.8) is 0 Å². The third kappa shape index (κ3) is 16.8. The number of phenols is 2. The zero-order valence-corrected chi connectivity index (χ0v) is 69.4. The van der Waals surface area contributed by atoms with Crippen molar-refractivity contribution in [1.29, 1.82) is 0 Å². The first-order chi connectivity index (χ1) is 60.5. The molecule has 0 aliphatic carbocycles. The summed E-state index contributed by atoms with van der Waals surface area (Å²) in [4.78, 5) is 72.6. The molecule has 12 aromatic carbocycles. The Bertz CT molecular complexity index is 6520. The summed E-state index contributed by atoms with van der Waals surface area (Å²) in [6.07, 6.45) is 2.70. The molecule has 0 spiro atoms. The smallest absolute Gasteiger partial charge is 0.294 e. The summed E-state index contributed by atoms with van der Waals surface area (Å²) < 4.78 is 65.0. The van der Waals surface area contributed by atoms with Gasteiger partial charge in [-0.3, -0.25) is 18.9 Å². The number of para-hydroxylation sites is 12. The summed E-state index contributed by atoms with van der Waals surface area (Å²) in [5, 5.41) is 19.9. The van der Waals surface area contributed by atoms with Crippen LogP contribution in [0.15, 0.2) is 313 Å². The highest BCUT2D eigenvalue weighted by atomic mass is 32.2. The molecule has 0 saturated heterocycles. The van der Waals surface area contributed by atoms with E-state index in [-0.39, 0.29) is 21.3 Å². The van der Waals surface area contributed by atoms with E-state index in [1.165, 1.54) is 35.4 Å². The third-order valence-electron chi connectivity index (χ3n) is 20.9. The average molecular weight is 1680 g/mol. The molecule has 0 radical (unpaired) electrons. The highest BCUT2D eigenvalue weighted by molar-refractivity contribution is 7.86. The zero-order chi connectivity index (χ0) is 85.6. The van der Waals surface area contributed by atoms with E-state index in [9.17, 15) is 36.2 Å². The summed E-state index contributed by atoms with van der Waals surface area (Å²) in [6.45, 7) is 10.3. The maximum atomic E-state index is 11.5. The summed E-state index contributed by atoms with van der Waals surface area (Å²) in [7, 11) is -8.61. The van der Waals surface area contributed by atoms with Crippen molar-refractivity contribution < 1.29 is 36.2 Å². The number of fused-ring (bicyclic) bond motifs is 12. The second-order valence-corrected chi connectivity index (χ2v) is 31.5. The van der Waals surface area contributed by atoms with E-state index >= 15 is 0 Å². The standard InChI is InChI=1S/C32H26N6O6S2.C32H26N6.C28H18N6O2.2C2H6/c39-45(40,41)23-13-9-21(10-14-23)17-19-37-29-30(34-26-6-2-1-5-25(26)33-29)38(20-18-22-11-15-24(16-12-22)46(42,43)44)32-31(37)35-27-7-3-4-8-28(27)36-32;1-3-11-23(12-4-1)19-21-37-29-31(35-27-17-9-7-15-25(27)33-29)38(22-20-24-13-5-2-6-14-24)32-30(37)34-26-16-8-10-18-28(26)36-32;35-19-13-9-17(10-14-19)33-25-26(30-22-6-2-1-5-21(22)29-25)34(18-11-15-20(36)16-12-18)28-27(33)31-23-7-3-4-8-24(23)32-28;2*1-2/h1-16H,17-20H2,(H,39,40,41)(H,42,43,44);1-18H,19-22H2;1-16,35-36H;2*1-2H3. The molecular weight excluding hydrogens is 1600 g/mol. The van der Waals surface area contributed by atoms with E-state index in [1.54, 1.807) is 48.5 Å². The Hall–Kier alpha value is -15.1. The van der Waals surface area contributed by atoms with Gasteiger partial charge in [0.05, 0.1) is 76.0 Å². The molecule has 0 fully saturated rings. The van der Waals surface area contributed by atoms with E-state index in [2.05, 4.69) is 70.5 Å². The number of phenolic OH excluding ortho intramolecular Hbond substituents is 2. The van der Waals surface area contributed by atoms with Crippen molar-refractivity contribution in [3.05, 3.63) is 326 Å². The quantitative estimate of drug-likeness (QED) is 0.0653. The number of anilines is 14. The van der Waals surface area contributed by atoms with Crippen molar-refractivity contribution in [2.24, 2.45) is 0 Å². The maximum Gasteiger partial charge on any atom is 0.294 e. The Balaban J connectivity index is 0.000000130. The first kappa shape index (κ1) is 81.3. The van der Waals surface area contributed by atoms with Crippen LogP contribution in [0.25, 0.3) is 66.2 Å². The van der Waals surface area contributed by atoms with Gasteiger partial charge < -0.3 is 29.8 Å². The Morgan fingerprint density at radius 1 is 0.218 bits per heavy atom. The predicted octanol–water partition coefficient (Wildman–Crippen LogP) is 20.1. The summed E-state index contributed by atoms with van der Waals surface area (Å²) in [6, 6.07) is 93.6. The first-order valence-corrected chi connectivity index (χ1v) is 43.5. The highest BCUT2D eigenvalue weighted by Crippen LogP contribution is 2.53. The summed E-state index contributed by atoms with van der Waals surface area (Å²) in [5.74, 6) is 8.22. The molecule has 4 N–H and O–H groups in total. The fourth-order valence-corrected chi connectivity index (χ4v) is 15.9. The molecular formula is C96H82N18O8S2. The topological polar surface area (TPSA) is 323 Å². The lowest BCUT2D eigenvalue weighted by atomic mass is 10.1. The van der Waals surface area contributed by atoms with Crippen molar-refractivity contribution in [2.45, 2.75) is 63.2 Å². The van der Waals surface area contributed by atoms with Crippen LogP contribution in [-0.4, -0.2) is 122 Å². The minimum Gasteiger partial charge on any atom is -0.508 e. The molecule has 124 heavy (non-hydrogen) atoms. The molecule has 616 valence electrons. The molecule has 21 rings (SSSR count). The van der Waals surface area contributed by atoms with E-state index in [4.69, 9.17) is 59.8 Å². The highest BCUT2D eigenvalue weighted by Gasteiger charge is 2.39. The lowest BCUT2D eigenvalue weighted by Crippen LogP contribution is -2.35. The second-order valence-electron chi connectivity index (χ2n) is 28.7. The first-order valence-electron chi connectivity index (χ1n) is 40.6. The van der Waals surface area contributed by atoms with E-state index in [0.717, 1.165) is 116 Å². The Morgan fingerprint density at radius 2 is 0.387 bits per heavy atom. The molecule has 0 amide bonds. The van der Waals surface area contributed by atoms with Gasteiger partial charge in [0.15, 0.2) is 69.8 Å². The van der Waals surface area contributed by atoms with Crippen molar-refractivity contribution in [2.75, 3.05) is 55.6 Å². The Kier molecular flexibility index (Phi) is 23.1. The van der Waals surface area contributed by atoms with Crippen molar-refractivity contribution in [3.8, 4) is 11.5 Å². The van der Waals surface area contributed by atoms with Gasteiger partial charge in [-0.1, -0.05) is 185 Å². The van der Waals surface area contributed by atoms with Crippen LogP contribution in [0.2, 0.25) is 0 Å². The van der Waals surface area contributed by atoms with E-state index < -0.39 is 20.2 Å². The van der Waals surface area contributed by atoms with Gasteiger partial charge in [-0.25, -0.2) is 59.8 Å². The van der Waals surface area contributed by atoms with Crippen LogP contribution < -0.4 is 29.4 Å². The number of nitrogens with zero attached hydrogens (tertiary/aromatic N) is 18. The number of hydrogen-bond donors (Lipinski definition) is 4. The number of hydrogen-bond acceptors (Lipinski definition) is 24. The van der Waals surface area contributed by atoms with Crippen LogP contribution in [0.5, 0.6) is 11.5 Å². The molecule has 6 aromatic heterocycles. The normalized spacial score (nSPS) is 12.5. The lowest BCUT2D eigenvalue weighted by Gasteiger charge is -2.37. The molecule has 0 atom stereocenters. The zero-order valence-electron chi connectivity index (χ0n) is 67.8. The van der Waals surface area contributed by atoms with Crippen LogP contribution >= 0.6 is 0 Å². The SMILES string of the molecule is CC.CC.O=S(=O)(O)c1ccc(CCN2c3nc4ccccc4nc3N(CCc3ccc(S(=O)(=O)O)cc3)c3nc4ccccc4nc32)cc1.Oc1ccc(N2c3nc4ccccc4nc3N(c3ccc(O)cc3)c3nc4ccccc4nc32)cc1.c1ccc(CCN2c3nc4ccccc4nc3N(CCc3ccccc3)c3nc4ccccc4nc32)cc1. The third-order valence-corrected chi connectivity index (χ3v) is 22.7. The van der Waals surface area contributed by atoms with Crippen LogP contribution in [0.4, 0.5) is 81.2 Å². The summed E-state index contributed by atoms with van der Waals surface area (Å²) >= 11 is 0. The van der Waals surface area contributed by atoms with Crippen LogP contribution in [0.3, 0.4) is 0 Å². The largest absolute Gasteiger partial charge is 0.508 e. The van der Waals surface area contributed by atoms with Gasteiger partial charge >= 0.3 is 0 Å². The van der Waals surface area contributed by atoms with Gasteiger partial charge in [-0.15, -0.1) is 0 Å². The predicted molar refractivity (Wildman–Crippen MR) is 488 cm³/mol. The number of aromatic nitrogens is 12. The van der Waals surface area contributed by atoms with Crippen LogP contribution in [-0.2, 0) is 45.9 Å².